The Labute approximate surface area is 137 Å². The molecule has 1 aromatic rings. The van der Waals surface area contributed by atoms with Crippen LogP contribution in [0, 0.1) is 0 Å². The quantitative estimate of drug-likeness (QED) is 0.860. The van der Waals surface area contributed by atoms with Crippen LogP contribution in [0.25, 0.3) is 0 Å². The summed E-state index contributed by atoms with van der Waals surface area (Å²) >= 11 is 0. The molecular weight excluding hydrogens is 296 g/mol. The summed E-state index contributed by atoms with van der Waals surface area (Å²) in [6, 6.07) is 3.55. The Hall–Kier alpha value is -1.79. The second-order valence-corrected chi connectivity index (χ2v) is 6.23. The van der Waals surface area contributed by atoms with Crippen LogP contribution in [0.2, 0.25) is 0 Å². The molecule has 0 radical (unpaired) electrons. The van der Waals surface area contributed by atoms with Gasteiger partial charge in [-0.2, -0.15) is 0 Å². The Bertz CT molecular complexity index is 586. The Kier molecular flexibility index (Phi) is 5.16. The summed E-state index contributed by atoms with van der Waals surface area (Å²) in [5.74, 6) is 1.07. The SMILES string of the molecule is CCCC(C)(N)C(=O)N1Cc2c(OC)ccc(OC)c2C(O)C1. The number of hydrogen-bond donors (Lipinski definition) is 2. The number of aliphatic hydroxyl groups is 1. The second kappa shape index (κ2) is 6.76. The smallest absolute Gasteiger partial charge is 0.242 e. The second-order valence-electron chi connectivity index (χ2n) is 6.23. The fourth-order valence-corrected chi connectivity index (χ4v) is 3.22. The van der Waals surface area contributed by atoms with Crippen LogP contribution in [-0.2, 0) is 11.3 Å². The van der Waals surface area contributed by atoms with Crippen LogP contribution in [0.5, 0.6) is 11.5 Å². The van der Waals surface area contributed by atoms with E-state index in [4.69, 9.17) is 15.2 Å². The number of nitrogens with two attached hydrogens (primary N) is 1. The number of carbonyl (C=O) groups excluding carboxylic acids is 1. The average molecular weight is 322 g/mol. The first-order chi connectivity index (χ1) is 10.9. The van der Waals surface area contributed by atoms with Crippen LogP contribution in [0.4, 0.5) is 0 Å². The van der Waals surface area contributed by atoms with E-state index in [0.717, 1.165) is 12.0 Å². The molecule has 2 rings (SSSR count). The standard InChI is InChI=1S/C17H26N2O4/c1-5-8-17(2,18)16(21)19-9-11-13(22-3)6-7-14(23-4)15(11)12(20)10-19/h6-7,12,20H,5,8-10,18H2,1-4H3. The molecular formula is C17H26N2O4. The third kappa shape index (κ3) is 3.28. The molecule has 23 heavy (non-hydrogen) atoms. The largest absolute Gasteiger partial charge is 0.496 e. The van der Waals surface area contributed by atoms with Gasteiger partial charge in [0.15, 0.2) is 0 Å². The molecule has 2 atom stereocenters. The van der Waals surface area contributed by atoms with Gasteiger partial charge in [-0.25, -0.2) is 0 Å². The van der Waals surface area contributed by atoms with Gasteiger partial charge in [0.25, 0.3) is 0 Å². The van der Waals surface area contributed by atoms with Gasteiger partial charge in [-0.3, -0.25) is 4.79 Å². The van der Waals surface area contributed by atoms with E-state index in [1.165, 1.54) is 0 Å². The number of benzene rings is 1. The van der Waals surface area contributed by atoms with Gasteiger partial charge in [0.2, 0.25) is 5.91 Å². The van der Waals surface area contributed by atoms with E-state index in [1.54, 1.807) is 38.2 Å². The van der Waals surface area contributed by atoms with Crippen molar-refractivity contribution in [3.63, 3.8) is 0 Å². The monoisotopic (exact) mass is 322 g/mol. The third-order valence-corrected chi connectivity index (χ3v) is 4.33. The van der Waals surface area contributed by atoms with E-state index in [1.807, 2.05) is 6.92 Å². The number of aliphatic hydroxyl groups excluding tert-OH is 1. The molecule has 0 aliphatic carbocycles. The molecule has 3 N–H and O–H groups in total. The highest BCUT2D eigenvalue weighted by atomic mass is 16.5. The first kappa shape index (κ1) is 17.6. The minimum atomic E-state index is -0.932. The number of β-amino-alcohol motifs (C(OH)–C–C–N with tert-alkyl or cyclic N) is 1. The topological polar surface area (TPSA) is 85.0 Å². The molecule has 0 saturated carbocycles. The van der Waals surface area contributed by atoms with Gasteiger partial charge in [-0.15, -0.1) is 0 Å². The van der Waals surface area contributed by atoms with Crippen molar-refractivity contribution in [3.8, 4) is 11.5 Å². The Morgan fingerprint density at radius 1 is 1.39 bits per heavy atom. The Morgan fingerprint density at radius 3 is 2.57 bits per heavy atom. The lowest BCUT2D eigenvalue weighted by atomic mass is 9.91. The lowest BCUT2D eigenvalue weighted by Gasteiger charge is -2.38. The molecule has 0 bridgehead atoms. The normalized spacial score (nSPS) is 19.7. The first-order valence-electron chi connectivity index (χ1n) is 7.85. The van der Waals surface area contributed by atoms with Crippen molar-refractivity contribution < 1.29 is 19.4 Å². The van der Waals surface area contributed by atoms with Gasteiger partial charge in [-0.05, 0) is 25.5 Å². The van der Waals surface area contributed by atoms with Crippen molar-refractivity contribution in [1.82, 2.24) is 4.90 Å². The van der Waals surface area contributed by atoms with Crippen molar-refractivity contribution in [2.45, 2.75) is 44.9 Å². The van der Waals surface area contributed by atoms with E-state index in [0.29, 0.717) is 30.0 Å². The summed E-state index contributed by atoms with van der Waals surface area (Å²) in [4.78, 5) is 14.3. The number of fused-ring (bicyclic) bond motifs is 1. The molecule has 1 amide bonds. The van der Waals surface area contributed by atoms with Crippen molar-refractivity contribution in [2.24, 2.45) is 5.73 Å². The van der Waals surface area contributed by atoms with Crippen LogP contribution >= 0.6 is 0 Å². The molecule has 2 unspecified atom stereocenters. The minimum absolute atomic E-state index is 0.158. The summed E-state index contributed by atoms with van der Waals surface area (Å²) in [6.45, 7) is 4.28. The first-order valence-corrected chi connectivity index (χ1v) is 7.85. The van der Waals surface area contributed by atoms with E-state index in [9.17, 15) is 9.90 Å². The van der Waals surface area contributed by atoms with Crippen molar-refractivity contribution >= 4 is 5.91 Å². The molecule has 0 aromatic heterocycles. The lowest BCUT2D eigenvalue weighted by Crippen LogP contribution is -2.54. The van der Waals surface area contributed by atoms with Crippen molar-refractivity contribution in [3.05, 3.63) is 23.3 Å². The molecule has 1 aliphatic heterocycles. The zero-order chi connectivity index (χ0) is 17.2. The lowest BCUT2D eigenvalue weighted by molar-refractivity contribution is -0.139. The Morgan fingerprint density at radius 2 is 2.00 bits per heavy atom. The zero-order valence-corrected chi connectivity index (χ0v) is 14.3. The van der Waals surface area contributed by atoms with E-state index < -0.39 is 11.6 Å². The third-order valence-electron chi connectivity index (χ3n) is 4.33. The van der Waals surface area contributed by atoms with E-state index in [-0.39, 0.29) is 12.5 Å². The number of methoxy groups -OCH3 is 2. The van der Waals surface area contributed by atoms with Crippen LogP contribution in [-0.4, -0.2) is 42.2 Å². The Balaban J connectivity index is 2.38. The van der Waals surface area contributed by atoms with Crippen LogP contribution in [0.1, 0.15) is 43.9 Å². The highest BCUT2D eigenvalue weighted by Crippen LogP contribution is 2.39. The van der Waals surface area contributed by atoms with Crippen LogP contribution in [0.15, 0.2) is 12.1 Å². The summed E-state index contributed by atoms with van der Waals surface area (Å²) in [6.07, 6.45) is 0.591. The van der Waals surface area contributed by atoms with Gasteiger partial charge >= 0.3 is 0 Å². The zero-order valence-electron chi connectivity index (χ0n) is 14.3. The number of carbonyl (C=O) groups is 1. The maximum atomic E-state index is 12.7. The average Bonchev–Trinajstić information content (AvgIpc) is 2.52. The van der Waals surface area contributed by atoms with E-state index in [2.05, 4.69) is 0 Å². The van der Waals surface area contributed by atoms with Gasteiger partial charge in [0, 0.05) is 17.7 Å². The molecule has 1 aromatic carbocycles. The molecule has 1 aliphatic rings. The van der Waals surface area contributed by atoms with Crippen molar-refractivity contribution in [2.75, 3.05) is 20.8 Å². The van der Waals surface area contributed by atoms with Crippen LogP contribution in [0.3, 0.4) is 0 Å². The summed E-state index contributed by atoms with van der Waals surface area (Å²) in [5.41, 5.74) is 6.69. The van der Waals surface area contributed by atoms with Crippen LogP contribution < -0.4 is 15.2 Å². The maximum Gasteiger partial charge on any atom is 0.242 e. The highest BCUT2D eigenvalue weighted by Gasteiger charge is 2.37. The number of ether oxygens (including phenoxy) is 2. The van der Waals surface area contributed by atoms with Crippen molar-refractivity contribution in [1.29, 1.82) is 0 Å². The molecule has 0 fully saturated rings. The summed E-state index contributed by atoms with van der Waals surface area (Å²) in [7, 11) is 3.13. The number of amides is 1. The fraction of sp³-hybridized carbons (Fsp3) is 0.588. The van der Waals surface area contributed by atoms with E-state index >= 15 is 0 Å². The molecule has 0 spiro atoms. The molecule has 6 heteroatoms. The molecule has 6 nitrogen and oxygen atoms in total. The molecule has 0 saturated heterocycles. The van der Waals surface area contributed by atoms with Gasteiger partial charge in [0.05, 0.1) is 26.3 Å². The highest BCUT2D eigenvalue weighted by molar-refractivity contribution is 5.86. The van der Waals surface area contributed by atoms with Gasteiger partial charge < -0.3 is 25.2 Å². The number of hydrogen-bond acceptors (Lipinski definition) is 5. The molecule has 1 heterocycles. The maximum absolute atomic E-state index is 12.7. The fourth-order valence-electron chi connectivity index (χ4n) is 3.22. The number of rotatable bonds is 5. The summed E-state index contributed by atoms with van der Waals surface area (Å²) in [5, 5.41) is 10.5. The van der Waals surface area contributed by atoms with Gasteiger partial charge in [-0.1, -0.05) is 13.3 Å². The predicted molar refractivity (Wildman–Crippen MR) is 87.4 cm³/mol. The number of nitrogens with zero attached hydrogens (tertiary/aromatic N) is 1. The minimum Gasteiger partial charge on any atom is -0.496 e. The van der Waals surface area contributed by atoms with Gasteiger partial charge in [0.1, 0.15) is 17.6 Å². The summed E-state index contributed by atoms with van der Waals surface area (Å²) < 4.78 is 10.7. The molecule has 128 valence electrons. The predicted octanol–water partition coefficient (Wildman–Crippen LogP) is 1.60.